The molecule has 1 aromatic carbocycles. The third-order valence-corrected chi connectivity index (χ3v) is 2.58. The van der Waals surface area contributed by atoms with Gasteiger partial charge >= 0.3 is 0 Å². The van der Waals surface area contributed by atoms with Crippen LogP contribution >= 0.6 is 11.6 Å². The Morgan fingerprint density at radius 2 is 2.25 bits per heavy atom. The average molecular weight is 242 g/mol. The molecule has 1 aromatic heterocycles. The number of rotatable bonds is 2. The Morgan fingerprint density at radius 3 is 2.81 bits per heavy atom. The van der Waals surface area contributed by atoms with E-state index in [-0.39, 0.29) is 11.6 Å². The van der Waals surface area contributed by atoms with E-state index < -0.39 is 5.82 Å². The SMILES string of the molecule is Cc1c(CO)nnn1-c1ccc(F)c(Cl)c1. The van der Waals surface area contributed by atoms with Crippen molar-refractivity contribution in [1.29, 1.82) is 0 Å². The fourth-order valence-electron chi connectivity index (χ4n) is 1.37. The van der Waals surface area contributed by atoms with Crippen LogP contribution < -0.4 is 0 Å². The van der Waals surface area contributed by atoms with E-state index in [2.05, 4.69) is 10.3 Å². The first-order valence-corrected chi connectivity index (χ1v) is 4.98. The maximum absolute atomic E-state index is 13.0. The maximum atomic E-state index is 13.0. The third kappa shape index (κ3) is 1.79. The van der Waals surface area contributed by atoms with Gasteiger partial charge in [-0.1, -0.05) is 16.8 Å². The fourth-order valence-corrected chi connectivity index (χ4v) is 1.54. The van der Waals surface area contributed by atoms with E-state index in [1.165, 1.54) is 16.8 Å². The summed E-state index contributed by atoms with van der Waals surface area (Å²) in [5, 5.41) is 16.6. The first-order chi connectivity index (χ1) is 7.63. The van der Waals surface area contributed by atoms with E-state index in [0.29, 0.717) is 17.1 Å². The van der Waals surface area contributed by atoms with E-state index in [4.69, 9.17) is 16.7 Å². The molecule has 0 spiro atoms. The predicted molar refractivity (Wildman–Crippen MR) is 57.0 cm³/mol. The standard InChI is InChI=1S/C10H9ClFN3O/c1-6-10(5-16)13-14-15(6)7-2-3-9(12)8(11)4-7/h2-4,16H,5H2,1H3. The molecule has 0 saturated heterocycles. The van der Waals surface area contributed by atoms with Crippen LogP contribution in [0.5, 0.6) is 0 Å². The molecule has 6 heteroatoms. The smallest absolute Gasteiger partial charge is 0.141 e. The molecule has 0 aliphatic heterocycles. The minimum Gasteiger partial charge on any atom is -0.390 e. The van der Waals surface area contributed by atoms with Crippen LogP contribution in [0.1, 0.15) is 11.4 Å². The predicted octanol–water partition coefficient (Wildman–Crippen LogP) is 1.86. The summed E-state index contributed by atoms with van der Waals surface area (Å²) in [4.78, 5) is 0. The Kier molecular flexibility index (Phi) is 2.89. The molecule has 0 aliphatic carbocycles. The molecule has 0 amide bonds. The van der Waals surface area contributed by atoms with Crippen molar-refractivity contribution in [2.75, 3.05) is 0 Å². The summed E-state index contributed by atoms with van der Waals surface area (Å²) in [5.41, 5.74) is 1.79. The second kappa shape index (κ2) is 4.19. The molecule has 0 radical (unpaired) electrons. The topological polar surface area (TPSA) is 50.9 Å². The highest BCUT2D eigenvalue weighted by molar-refractivity contribution is 6.30. The van der Waals surface area contributed by atoms with Gasteiger partial charge in [-0.15, -0.1) is 5.10 Å². The number of aromatic nitrogens is 3. The van der Waals surface area contributed by atoms with Crippen molar-refractivity contribution in [3.63, 3.8) is 0 Å². The van der Waals surface area contributed by atoms with Crippen LogP contribution in [0.4, 0.5) is 4.39 Å². The number of hydrogen-bond acceptors (Lipinski definition) is 3. The van der Waals surface area contributed by atoms with E-state index >= 15 is 0 Å². The maximum Gasteiger partial charge on any atom is 0.141 e. The van der Waals surface area contributed by atoms with Gasteiger partial charge in [0.25, 0.3) is 0 Å². The summed E-state index contributed by atoms with van der Waals surface area (Å²) in [5.74, 6) is -0.481. The number of halogens is 2. The molecular weight excluding hydrogens is 233 g/mol. The number of aliphatic hydroxyl groups is 1. The molecule has 16 heavy (non-hydrogen) atoms. The van der Waals surface area contributed by atoms with Crippen LogP contribution in [0.2, 0.25) is 5.02 Å². The van der Waals surface area contributed by atoms with Crippen LogP contribution in [0.3, 0.4) is 0 Å². The van der Waals surface area contributed by atoms with Crippen molar-refractivity contribution in [2.24, 2.45) is 0 Å². The Labute approximate surface area is 96.3 Å². The van der Waals surface area contributed by atoms with E-state index in [0.717, 1.165) is 0 Å². The fraction of sp³-hybridized carbons (Fsp3) is 0.200. The first kappa shape index (κ1) is 11.0. The molecule has 2 aromatic rings. The molecule has 0 atom stereocenters. The lowest BCUT2D eigenvalue weighted by atomic mass is 10.3. The first-order valence-electron chi connectivity index (χ1n) is 4.61. The minimum atomic E-state index is -0.481. The molecule has 2 rings (SSSR count). The van der Waals surface area contributed by atoms with Gasteiger partial charge in [0, 0.05) is 0 Å². The molecule has 4 nitrogen and oxygen atoms in total. The Hall–Kier alpha value is -1.46. The zero-order valence-corrected chi connectivity index (χ0v) is 9.24. The lowest BCUT2D eigenvalue weighted by Gasteiger charge is -2.04. The number of hydrogen-bond donors (Lipinski definition) is 1. The van der Waals surface area contributed by atoms with Crippen molar-refractivity contribution in [1.82, 2.24) is 15.0 Å². The normalized spacial score (nSPS) is 10.8. The Morgan fingerprint density at radius 1 is 1.50 bits per heavy atom. The lowest BCUT2D eigenvalue weighted by Crippen LogP contribution is -2.00. The van der Waals surface area contributed by atoms with E-state index in [1.54, 1.807) is 13.0 Å². The van der Waals surface area contributed by atoms with Crippen molar-refractivity contribution in [2.45, 2.75) is 13.5 Å². The Balaban J connectivity index is 2.50. The highest BCUT2D eigenvalue weighted by Crippen LogP contribution is 2.19. The quantitative estimate of drug-likeness (QED) is 0.873. The van der Waals surface area contributed by atoms with Crippen LogP contribution in [-0.4, -0.2) is 20.1 Å². The van der Waals surface area contributed by atoms with Crippen LogP contribution in [0.15, 0.2) is 18.2 Å². The van der Waals surface area contributed by atoms with E-state index in [1.807, 2.05) is 0 Å². The largest absolute Gasteiger partial charge is 0.390 e. The Bertz CT molecular complexity index is 527. The van der Waals surface area contributed by atoms with Gasteiger partial charge < -0.3 is 5.11 Å². The summed E-state index contributed by atoms with van der Waals surface area (Å²) < 4.78 is 14.5. The minimum absolute atomic E-state index is 0.0259. The number of benzene rings is 1. The van der Waals surface area contributed by atoms with Gasteiger partial charge in [0.2, 0.25) is 0 Å². The summed E-state index contributed by atoms with van der Waals surface area (Å²) in [6.45, 7) is 1.59. The zero-order chi connectivity index (χ0) is 11.7. The number of nitrogens with zero attached hydrogens (tertiary/aromatic N) is 3. The van der Waals surface area contributed by atoms with Crippen molar-refractivity contribution >= 4 is 11.6 Å². The molecule has 1 N–H and O–H groups in total. The molecular formula is C10H9ClFN3O. The van der Waals surface area contributed by atoms with Crippen molar-refractivity contribution < 1.29 is 9.50 Å². The van der Waals surface area contributed by atoms with Gasteiger partial charge in [-0.3, -0.25) is 0 Å². The van der Waals surface area contributed by atoms with Gasteiger partial charge in [-0.05, 0) is 25.1 Å². The summed E-state index contributed by atoms with van der Waals surface area (Å²) in [7, 11) is 0. The second-order valence-corrected chi connectivity index (χ2v) is 3.70. The lowest BCUT2D eigenvalue weighted by molar-refractivity contribution is 0.276. The summed E-state index contributed by atoms with van der Waals surface area (Å²) in [6.07, 6.45) is 0. The summed E-state index contributed by atoms with van der Waals surface area (Å²) in [6, 6.07) is 4.27. The van der Waals surface area contributed by atoms with E-state index in [9.17, 15) is 4.39 Å². The van der Waals surface area contributed by atoms with Crippen LogP contribution in [-0.2, 0) is 6.61 Å². The zero-order valence-electron chi connectivity index (χ0n) is 8.48. The van der Waals surface area contributed by atoms with Crippen molar-refractivity contribution in [3.05, 3.63) is 40.4 Å². The molecule has 0 fully saturated rings. The van der Waals surface area contributed by atoms with Crippen LogP contribution in [0, 0.1) is 12.7 Å². The monoisotopic (exact) mass is 241 g/mol. The molecule has 0 unspecified atom stereocenters. The highest BCUT2D eigenvalue weighted by atomic mass is 35.5. The molecule has 0 saturated carbocycles. The van der Waals surface area contributed by atoms with Gasteiger partial charge in [0.05, 0.1) is 23.0 Å². The molecule has 1 heterocycles. The van der Waals surface area contributed by atoms with Gasteiger partial charge in [-0.2, -0.15) is 0 Å². The number of aliphatic hydroxyl groups excluding tert-OH is 1. The van der Waals surface area contributed by atoms with Crippen LogP contribution in [0.25, 0.3) is 5.69 Å². The molecule has 0 bridgehead atoms. The van der Waals surface area contributed by atoms with Gasteiger partial charge in [-0.25, -0.2) is 9.07 Å². The van der Waals surface area contributed by atoms with Crippen molar-refractivity contribution in [3.8, 4) is 5.69 Å². The average Bonchev–Trinajstić information content (AvgIpc) is 2.64. The third-order valence-electron chi connectivity index (χ3n) is 2.29. The van der Waals surface area contributed by atoms with Gasteiger partial charge in [0.15, 0.2) is 0 Å². The van der Waals surface area contributed by atoms with Gasteiger partial charge in [0.1, 0.15) is 11.5 Å². The highest BCUT2D eigenvalue weighted by Gasteiger charge is 2.10. The molecule has 0 aliphatic rings. The summed E-state index contributed by atoms with van der Waals surface area (Å²) >= 11 is 5.67. The molecule has 84 valence electrons. The second-order valence-electron chi connectivity index (χ2n) is 3.29.